The van der Waals surface area contributed by atoms with Crippen LogP contribution in [0.15, 0.2) is 12.4 Å². The Labute approximate surface area is 133 Å². The summed E-state index contributed by atoms with van der Waals surface area (Å²) >= 11 is 1.73. The van der Waals surface area contributed by atoms with Gasteiger partial charge in [-0.05, 0) is 33.3 Å². The average molecular weight is 316 g/mol. The van der Waals surface area contributed by atoms with E-state index < -0.39 is 0 Å². The molecule has 3 aromatic heterocycles. The van der Waals surface area contributed by atoms with Crippen LogP contribution >= 0.6 is 11.3 Å². The molecule has 0 radical (unpaired) electrons. The second-order valence-electron chi connectivity index (χ2n) is 5.47. The molecule has 6 nitrogen and oxygen atoms in total. The van der Waals surface area contributed by atoms with E-state index in [0.29, 0.717) is 12.6 Å². The fraction of sp³-hybridized carbons (Fsp3) is 0.467. The van der Waals surface area contributed by atoms with Crippen molar-refractivity contribution in [3.63, 3.8) is 0 Å². The number of fused-ring (bicyclic) bond motifs is 1. The molecule has 0 bridgehead atoms. The van der Waals surface area contributed by atoms with Gasteiger partial charge in [-0.15, -0.1) is 11.3 Å². The molecule has 0 saturated heterocycles. The molecule has 1 N–H and O–H groups in total. The van der Waals surface area contributed by atoms with Crippen molar-refractivity contribution in [1.29, 1.82) is 0 Å². The van der Waals surface area contributed by atoms with E-state index in [-0.39, 0.29) is 0 Å². The van der Waals surface area contributed by atoms with Crippen LogP contribution in [0, 0.1) is 6.92 Å². The van der Waals surface area contributed by atoms with Crippen molar-refractivity contribution in [2.45, 2.75) is 46.7 Å². The Morgan fingerprint density at radius 3 is 2.86 bits per heavy atom. The molecular formula is C15H20N6S. The monoisotopic (exact) mass is 316 g/mol. The lowest BCUT2D eigenvalue weighted by molar-refractivity contribution is 0.509. The maximum atomic E-state index is 4.55. The molecule has 0 aliphatic heterocycles. The van der Waals surface area contributed by atoms with Crippen molar-refractivity contribution in [3.05, 3.63) is 28.9 Å². The summed E-state index contributed by atoms with van der Waals surface area (Å²) in [5, 5.41) is 8.74. The van der Waals surface area contributed by atoms with Crippen LogP contribution in [0.5, 0.6) is 0 Å². The maximum Gasteiger partial charge on any atom is 0.146 e. The first kappa shape index (κ1) is 14.9. The van der Waals surface area contributed by atoms with Crippen LogP contribution in [0.1, 0.15) is 43.3 Å². The van der Waals surface area contributed by atoms with Gasteiger partial charge in [0.25, 0.3) is 0 Å². The largest absolute Gasteiger partial charge is 0.362 e. The minimum absolute atomic E-state index is 0.291. The molecule has 7 heteroatoms. The van der Waals surface area contributed by atoms with Gasteiger partial charge in [0.1, 0.15) is 28.6 Å². The summed E-state index contributed by atoms with van der Waals surface area (Å²) in [6.45, 7) is 8.87. The highest BCUT2D eigenvalue weighted by atomic mass is 32.1. The molecule has 116 valence electrons. The fourth-order valence-corrected chi connectivity index (χ4v) is 3.39. The SMILES string of the molecule is CCc1cc2c(NCc3ncnn3C(C)C)nc(C)nc2s1. The van der Waals surface area contributed by atoms with E-state index in [0.717, 1.165) is 34.1 Å². The van der Waals surface area contributed by atoms with Crippen molar-refractivity contribution in [1.82, 2.24) is 24.7 Å². The Morgan fingerprint density at radius 1 is 1.32 bits per heavy atom. The lowest BCUT2D eigenvalue weighted by Crippen LogP contribution is -2.12. The van der Waals surface area contributed by atoms with Crippen molar-refractivity contribution in [2.24, 2.45) is 0 Å². The van der Waals surface area contributed by atoms with Gasteiger partial charge in [0.15, 0.2) is 0 Å². The van der Waals surface area contributed by atoms with Crippen molar-refractivity contribution < 1.29 is 0 Å². The molecule has 0 spiro atoms. The lowest BCUT2D eigenvalue weighted by atomic mass is 10.3. The summed E-state index contributed by atoms with van der Waals surface area (Å²) in [4.78, 5) is 15.8. The first-order chi connectivity index (χ1) is 10.6. The summed E-state index contributed by atoms with van der Waals surface area (Å²) in [5.41, 5.74) is 0. The van der Waals surface area contributed by atoms with Crippen molar-refractivity contribution in [3.8, 4) is 0 Å². The minimum Gasteiger partial charge on any atom is -0.362 e. The van der Waals surface area contributed by atoms with Crippen molar-refractivity contribution >= 4 is 27.4 Å². The van der Waals surface area contributed by atoms with E-state index in [1.807, 2.05) is 11.6 Å². The molecule has 0 amide bonds. The third-order valence-corrected chi connectivity index (χ3v) is 4.63. The van der Waals surface area contributed by atoms with Gasteiger partial charge in [-0.1, -0.05) is 6.92 Å². The number of hydrogen-bond acceptors (Lipinski definition) is 6. The van der Waals surface area contributed by atoms with E-state index in [9.17, 15) is 0 Å². The molecule has 3 rings (SSSR count). The Balaban J connectivity index is 1.90. The van der Waals surface area contributed by atoms with Gasteiger partial charge in [-0.2, -0.15) is 5.10 Å². The summed E-state index contributed by atoms with van der Waals surface area (Å²) in [6.07, 6.45) is 2.61. The highest BCUT2D eigenvalue weighted by molar-refractivity contribution is 7.18. The van der Waals surface area contributed by atoms with Gasteiger partial charge in [0, 0.05) is 10.9 Å². The standard InChI is InChI=1S/C15H20N6S/c1-5-11-6-12-14(19-10(4)20-15(12)22-11)16-7-13-17-8-18-21(13)9(2)3/h6,8-9H,5,7H2,1-4H3,(H,16,19,20). The molecule has 22 heavy (non-hydrogen) atoms. The first-order valence-electron chi connectivity index (χ1n) is 7.47. The van der Waals surface area contributed by atoms with Crippen molar-refractivity contribution in [2.75, 3.05) is 5.32 Å². The minimum atomic E-state index is 0.291. The zero-order chi connectivity index (χ0) is 15.7. The van der Waals surface area contributed by atoms with E-state index in [2.05, 4.69) is 52.2 Å². The summed E-state index contributed by atoms with van der Waals surface area (Å²) in [6, 6.07) is 2.47. The lowest BCUT2D eigenvalue weighted by Gasteiger charge is -2.11. The Morgan fingerprint density at radius 2 is 2.14 bits per heavy atom. The molecular weight excluding hydrogens is 296 g/mol. The predicted octanol–water partition coefficient (Wildman–Crippen LogP) is 3.35. The molecule has 0 saturated carbocycles. The molecule has 0 fully saturated rings. The topological polar surface area (TPSA) is 68.5 Å². The van der Waals surface area contributed by atoms with Gasteiger partial charge in [-0.25, -0.2) is 19.6 Å². The number of thiophene rings is 1. The number of nitrogens with zero attached hydrogens (tertiary/aromatic N) is 5. The number of aromatic nitrogens is 5. The molecule has 3 aromatic rings. The molecule has 0 atom stereocenters. The summed E-state index contributed by atoms with van der Waals surface area (Å²) in [7, 11) is 0. The van der Waals surface area contributed by atoms with Crippen LogP contribution < -0.4 is 5.32 Å². The Hall–Kier alpha value is -2.02. The number of nitrogens with one attached hydrogen (secondary N) is 1. The number of aryl methyl sites for hydroxylation is 2. The van der Waals surface area contributed by atoms with Crippen LogP contribution in [0.4, 0.5) is 5.82 Å². The zero-order valence-electron chi connectivity index (χ0n) is 13.3. The Bertz CT molecular complexity index is 789. The highest BCUT2D eigenvalue weighted by Crippen LogP contribution is 2.29. The predicted molar refractivity (Wildman–Crippen MR) is 89.3 cm³/mol. The molecule has 0 unspecified atom stereocenters. The van der Waals surface area contributed by atoms with Crippen LogP contribution in [-0.4, -0.2) is 24.7 Å². The number of rotatable bonds is 5. The van der Waals surface area contributed by atoms with Crippen LogP contribution in [0.2, 0.25) is 0 Å². The quantitative estimate of drug-likeness (QED) is 0.782. The normalized spacial score (nSPS) is 11.5. The zero-order valence-corrected chi connectivity index (χ0v) is 14.1. The number of hydrogen-bond donors (Lipinski definition) is 1. The van der Waals surface area contributed by atoms with Gasteiger partial charge in [0.2, 0.25) is 0 Å². The van der Waals surface area contributed by atoms with Gasteiger partial charge >= 0.3 is 0 Å². The van der Waals surface area contributed by atoms with E-state index in [1.165, 1.54) is 4.88 Å². The molecule has 0 aromatic carbocycles. The molecule has 0 aliphatic rings. The van der Waals surface area contributed by atoms with Gasteiger partial charge < -0.3 is 5.32 Å². The maximum absolute atomic E-state index is 4.55. The third-order valence-electron chi connectivity index (χ3n) is 3.45. The van der Waals surface area contributed by atoms with E-state index >= 15 is 0 Å². The first-order valence-corrected chi connectivity index (χ1v) is 8.29. The van der Waals surface area contributed by atoms with E-state index in [4.69, 9.17) is 0 Å². The van der Waals surface area contributed by atoms with E-state index in [1.54, 1.807) is 17.7 Å². The second kappa shape index (κ2) is 6.00. The fourth-order valence-electron chi connectivity index (χ4n) is 2.38. The van der Waals surface area contributed by atoms with Crippen LogP contribution in [0.25, 0.3) is 10.2 Å². The van der Waals surface area contributed by atoms with Crippen LogP contribution in [0.3, 0.4) is 0 Å². The van der Waals surface area contributed by atoms with Gasteiger partial charge in [0.05, 0.1) is 11.9 Å². The smallest absolute Gasteiger partial charge is 0.146 e. The third kappa shape index (κ3) is 2.81. The van der Waals surface area contributed by atoms with Gasteiger partial charge in [-0.3, -0.25) is 0 Å². The molecule has 3 heterocycles. The number of anilines is 1. The summed E-state index contributed by atoms with van der Waals surface area (Å²) < 4.78 is 1.92. The van der Waals surface area contributed by atoms with Crippen LogP contribution in [-0.2, 0) is 13.0 Å². The average Bonchev–Trinajstić information content (AvgIpc) is 3.10. The summed E-state index contributed by atoms with van der Waals surface area (Å²) in [5.74, 6) is 2.56. The highest BCUT2D eigenvalue weighted by Gasteiger charge is 2.12. The second-order valence-corrected chi connectivity index (χ2v) is 6.59. The Kier molecular flexibility index (Phi) is 4.06. The molecule has 0 aliphatic carbocycles.